The van der Waals surface area contributed by atoms with Crippen molar-refractivity contribution < 1.29 is 4.39 Å². The number of halogens is 2. The first-order chi connectivity index (χ1) is 10.2. The molecule has 0 heterocycles. The minimum atomic E-state index is -0.191. The summed E-state index contributed by atoms with van der Waals surface area (Å²) in [6.07, 6.45) is 9.48. The second-order valence-electron chi connectivity index (χ2n) is 5.90. The fourth-order valence-corrected chi connectivity index (χ4v) is 3.20. The quantitative estimate of drug-likeness (QED) is 0.690. The fraction of sp³-hybridized carbons (Fsp3) is 0.556. The maximum Gasteiger partial charge on any atom is 0.130 e. The molecule has 1 aliphatic carbocycles. The average Bonchev–Trinajstić information content (AvgIpc) is 2.51. The van der Waals surface area contributed by atoms with E-state index in [0.717, 1.165) is 19.5 Å². The zero-order chi connectivity index (χ0) is 15.1. The summed E-state index contributed by atoms with van der Waals surface area (Å²) in [5.41, 5.74) is 1.94. The Hall–Kier alpha value is -0.860. The molecule has 0 amide bonds. The van der Waals surface area contributed by atoms with E-state index in [2.05, 4.69) is 12.2 Å². The van der Waals surface area contributed by atoms with E-state index in [1.165, 1.54) is 43.7 Å². The number of rotatable bonds is 6. The van der Waals surface area contributed by atoms with Crippen molar-refractivity contribution in [2.75, 3.05) is 13.1 Å². The summed E-state index contributed by atoms with van der Waals surface area (Å²) in [6, 6.07) is 4.77. The van der Waals surface area contributed by atoms with E-state index in [4.69, 9.17) is 11.6 Å². The summed E-state index contributed by atoms with van der Waals surface area (Å²) >= 11 is 6.00. The van der Waals surface area contributed by atoms with E-state index in [1.807, 2.05) is 6.08 Å². The van der Waals surface area contributed by atoms with Crippen LogP contribution in [0.1, 0.15) is 51.0 Å². The van der Waals surface area contributed by atoms with Gasteiger partial charge in [-0.25, -0.2) is 4.39 Å². The average molecular weight is 310 g/mol. The van der Waals surface area contributed by atoms with Crippen LogP contribution in [0.15, 0.2) is 23.8 Å². The van der Waals surface area contributed by atoms with Crippen molar-refractivity contribution in [3.63, 3.8) is 0 Å². The van der Waals surface area contributed by atoms with Gasteiger partial charge in [-0.3, -0.25) is 0 Å². The Kier molecular flexibility index (Phi) is 6.72. The Morgan fingerprint density at radius 1 is 1.33 bits per heavy atom. The van der Waals surface area contributed by atoms with E-state index >= 15 is 0 Å². The third-order valence-corrected chi connectivity index (χ3v) is 4.42. The first kappa shape index (κ1) is 16.5. The monoisotopic (exact) mass is 309 g/mol. The molecule has 1 saturated carbocycles. The summed E-state index contributed by atoms with van der Waals surface area (Å²) in [4.78, 5) is 0. The lowest BCUT2D eigenvalue weighted by atomic mass is 9.83. The molecule has 1 nitrogen and oxygen atoms in total. The first-order valence-corrected chi connectivity index (χ1v) is 8.44. The fourth-order valence-electron chi connectivity index (χ4n) is 3.02. The summed E-state index contributed by atoms with van der Waals surface area (Å²) in [7, 11) is 0. The summed E-state index contributed by atoms with van der Waals surface area (Å²) in [5, 5.41) is 4.05. The third-order valence-electron chi connectivity index (χ3n) is 4.18. The third kappa shape index (κ3) is 5.12. The van der Waals surface area contributed by atoms with Crippen molar-refractivity contribution in [3.05, 3.63) is 40.2 Å². The minimum absolute atomic E-state index is 0.191. The topological polar surface area (TPSA) is 12.0 Å². The smallest absolute Gasteiger partial charge is 0.130 e. The molecule has 0 aliphatic heterocycles. The van der Waals surface area contributed by atoms with Gasteiger partial charge in [-0.05, 0) is 49.9 Å². The molecule has 21 heavy (non-hydrogen) atoms. The van der Waals surface area contributed by atoms with Crippen LogP contribution < -0.4 is 5.32 Å². The van der Waals surface area contributed by atoms with Crippen LogP contribution in [0.5, 0.6) is 0 Å². The highest BCUT2D eigenvalue weighted by Crippen LogP contribution is 2.31. The predicted molar refractivity (Wildman–Crippen MR) is 89.1 cm³/mol. The van der Waals surface area contributed by atoms with Gasteiger partial charge in [-0.2, -0.15) is 0 Å². The molecule has 1 aromatic rings. The van der Waals surface area contributed by atoms with Crippen molar-refractivity contribution >= 4 is 17.7 Å². The first-order valence-electron chi connectivity index (χ1n) is 8.07. The molecule has 116 valence electrons. The van der Waals surface area contributed by atoms with Crippen LogP contribution in [-0.4, -0.2) is 13.1 Å². The van der Waals surface area contributed by atoms with Gasteiger partial charge in [0.2, 0.25) is 0 Å². The normalized spacial score (nSPS) is 17.2. The van der Waals surface area contributed by atoms with Crippen LogP contribution in [0.3, 0.4) is 0 Å². The predicted octanol–water partition coefficient (Wildman–Crippen LogP) is 5.44. The van der Waals surface area contributed by atoms with Crippen LogP contribution in [0.25, 0.3) is 6.08 Å². The van der Waals surface area contributed by atoms with E-state index in [1.54, 1.807) is 12.1 Å². The molecule has 1 aromatic carbocycles. The van der Waals surface area contributed by atoms with Gasteiger partial charge >= 0.3 is 0 Å². The Labute approximate surface area is 132 Å². The number of benzene rings is 1. The van der Waals surface area contributed by atoms with Crippen molar-refractivity contribution in [3.8, 4) is 0 Å². The van der Waals surface area contributed by atoms with Crippen LogP contribution in [0.4, 0.5) is 4.39 Å². The maximum atomic E-state index is 14.0. The molecule has 2 rings (SSSR count). The molecule has 0 radical (unpaired) electrons. The Morgan fingerprint density at radius 3 is 2.81 bits per heavy atom. The van der Waals surface area contributed by atoms with Gasteiger partial charge in [0.1, 0.15) is 5.82 Å². The Balaban J connectivity index is 2.19. The van der Waals surface area contributed by atoms with Crippen LogP contribution in [0.2, 0.25) is 5.02 Å². The van der Waals surface area contributed by atoms with Gasteiger partial charge in [-0.15, -0.1) is 0 Å². The largest absolute Gasteiger partial charge is 0.313 e. The summed E-state index contributed by atoms with van der Waals surface area (Å²) in [6.45, 7) is 4.01. The molecular formula is C18H25ClFN. The highest BCUT2D eigenvalue weighted by atomic mass is 35.5. The Morgan fingerprint density at radius 2 is 2.10 bits per heavy atom. The zero-order valence-electron chi connectivity index (χ0n) is 12.8. The molecule has 0 saturated heterocycles. The SMILES string of the molecule is CCCNC/C(=C/c1cc(Cl)ccc1F)C1CCCCC1. The molecule has 1 aliphatic rings. The van der Waals surface area contributed by atoms with E-state index in [-0.39, 0.29) is 5.82 Å². The molecule has 0 bridgehead atoms. The van der Waals surface area contributed by atoms with Gasteiger partial charge in [0.15, 0.2) is 0 Å². The molecule has 3 heteroatoms. The minimum Gasteiger partial charge on any atom is -0.313 e. The second kappa shape index (κ2) is 8.55. The van der Waals surface area contributed by atoms with Gasteiger partial charge in [-0.1, -0.05) is 49.4 Å². The molecule has 0 aromatic heterocycles. The summed E-state index contributed by atoms with van der Waals surface area (Å²) < 4.78 is 14.0. The highest BCUT2D eigenvalue weighted by Gasteiger charge is 2.18. The van der Waals surface area contributed by atoms with Crippen molar-refractivity contribution in [1.29, 1.82) is 0 Å². The molecular weight excluding hydrogens is 285 g/mol. The van der Waals surface area contributed by atoms with Crippen LogP contribution in [0, 0.1) is 11.7 Å². The molecule has 1 fully saturated rings. The molecule has 0 atom stereocenters. The number of hydrogen-bond donors (Lipinski definition) is 1. The number of nitrogens with one attached hydrogen (secondary N) is 1. The van der Waals surface area contributed by atoms with Crippen molar-refractivity contribution in [1.82, 2.24) is 5.32 Å². The lowest BCUT2D eigenvalue weighted by Crippen LogP contribution is -2.23. The lowest BCUT2D eigenvalue weighted by molar-refractivity contribution is 0.396. The maximum absolute atomic E-state index is 14.0. The zero-order valence-corrected chi connectivity index (χ0v) is 13.6. The Bertz CT molecular complexity index is 478. The van der Waals surface area contributed by atoms with E-state index in [9.17, 15) is 4.39 Å². The van der Waals surface area contributed by atoms with Crippen LogP contribution in [-0.2, 0) is 0 Å². The van der Waals surface area contributed by atoms with Crippen molar-refractivity contribution in [2.24, 2.45) is 5.92 Å². The summed E-state index contributed by atoms with van der Waals surface area (Å²) in [5.74, 6) is 0.393. The van der Waals surface area contributed by atoms with E-state index < -0.39 is 0 Å². The van der Waals surface area contributed by atoms with Gasteiger partial charge in [0.05, 0.1) is 0 Å². The van der Waals surface area contributed by atoms with E-state index in [0.29, 0.717) is 16.5 Å². The molecule has 0 unspecified atom stereocenters. The molecule has 0 spiro atoms. The van der Waals surface area contributed by atoms with Gasteiger partial charge in [0, 0.05) is 17.1 Å². The van der Waals surface area contributed by atoms with Crippen molar-refractivity contribution in [2.45, 2.75) is 45.4 Å². The number of hydrogen-bond acceptors (Lipinski definition) is 1. The van der Waals surface area contributed by atoms with Gasteiger partial charge in [0.25, 0.3) is 0 Å². The standard InChI is InChI=1S/C18H25ClFN/c1-2-10-21-13-16(14-6-4-3-5-7-14)11-15-12-17(19)8-9-18(15)20/h8-9,11-12,14,21H,2-7,10,13H2,1H3/b16-11-. The second-order valence-corrected chi connectivity index (χ2v) is 6.33. The van der Waals surface area contributed by atoms with Gasteiger partial charge < -0.3 is 5.32 Å². The van der Waals surface area contributed by atoms with Crippen LogP contribution >= 0.6 is 11.6 Å². The lowest BCUT2D eigenvalue weighted by Gasteiger charge is -2.25. The molecule has 1 N–H and O–H groups in total. The highest BCUT2D eigenvalue weighted by molar-refractivity contribution is 6.30.